The van der Waals surface area contributed by atoms with Gasteiger partial charge in [-0.15, -0.1) is 0 Å². The molecule has 1 atom stereocenters. The van der Waals surface area contributed by atoms with E-state index in [2.05, 4.69) is 22.8 Å². The number of anilines is 1. The third-order valence-electron chi connectivity index (χ3n) is 3.67. The average molecular weight is 346 g/mol. The number of aryl methyl sites for hydroxylation is 1. The fourth-order valence-electron chi connectivity index (χ4n) is 2.20. The van der Waals surface area contributed by atoms with Crippen LogP contribution in [0.5, 0.6) is 0 Å². The first-order chi connectivity index (χ1) is 11.6. The molecule has 0 fully saturated rings. The van der Waals surface area contributed by atoms with Gasteiger partial charge in [0.2, 0.25) is 0 Å². The smallest absolute Gasteiger partial charge is 0.170 e. The van der Waals surface area contributed by atoms with E-state index < -0.39 is 0 Å². The van der Waals surface area contributed by atoms with Crippen molar-refractivity contribution in [1.82, 2.24) is 5.32 Å². The number of nitrogens with one attached hydrogen (secondary N) is 2. The van der Waals surface area contributed by atoms with Crippen molar-refractivity contribution in [3.63, 3.8) is 0 Å². The number of benzene rings is 2. The molecule has 0 saturated heterocycles. The maximum Gasteiger partial charge on any atom is 0.170 e. The molecule has 0 aromatic heterocycles. The first-order valence-corrected chi connectivity index (χ1v) is 8.44. The summed E-state index contributed by atoms with van der Waals surface area (Å²) in [6.45, 7) is 5.11. The molecule has 0 radical (unpaired) electrons. The topological polar surface area (TPSA) is 33.3 Å². The second-order valence-corrected chi connectivity index (χ2v) is 6.03. The Kier molecular flexibility index (Phi) is 7.15. The molecule has 2 aromatic rings. The number of hydrogen-bond acceptors (Lipinski definition) is 2. The Hall–Kier alpha value is -1.98. The summed E-state index contributed by atoms with van der Waals surface area (Å²) in [5.74, 6) is -0.244. The molecule has 5 heteroatoms. The molecule has 0 spiro atoms. The Morgan fingerprint density at radius 1 is 1.21 bits per heavy atom. The van der Waals surface area contributed by atoms with Gasteiger partial charge in [-0.3, -0.25) is 0 Å². The molecule has 0 aliphatic rings. The zero-order valence-corrected chi connectivity index (χ0v) is 14.8. The van der Waals surface area contributed by atoms with Gasteiger partial charge in [0, 0.05) is 18.8 Å². The number of ether oxygens (including phenoxy) is 1. The molecule has 24 heavy (non-hydrogen) atoms. The summed E-state index contributed by atoms with van der Waals surface area (Å²) in [5.41, 5.74) is 2.43. The van der Waals surface area contributed by atoms with Gasteiger partial charge in [0.1, 0.15) is 5.82 Å². The van der Waals surface area contributed by atoms with Gasteiger partial charge < -0.3 is 15.4 Å². The molecule has 0 bridgehead atoms. The molecule has 0 aliphatic carbocycles. The van der Waals surface area contributed by atoms with Crippen LogP contribution in [0.2, 0.25) is 0 Å². The largest absolute Gasteiger partial charge is 0.374 e. The maximum atomic E-state index is 13.5. The molecule has 0 amide bonds. The monoisotopic (exact) mass is 346 g/mol. The van der Waals surface area contributed by atoms with E-state index in [1.54, 1.807) is 19.1 Å². The van der Waals surface area contributed by atoms with Gasteiger partial charge in [-0.2, -0.15) is 0 Å². The Labute approximate surface area is 148 Å². The Morgan fingerprint density at radius 3 is 2.67 bits per heavy atom. The number of rotatable bonds is 7. The van der Waals surface area contributed by atoms with Gasteiger partial charge in [-0.1, -0.05) is 36.4 Å². The van der Waals surface area contributed by atoms with E-state index in [4.69, 9.17) is 17.0 Å². The van der Waals surface area contributed by atoms with Crippen LogP contribution < -0.4 is 10.6 Å². The fraction of sp³-hybridized carbons (Fsp3) is 0.316. The number of halogens is 1. The van der Waals surface area contributed by atoms with E-state index in [0.29, 0.717) is 29.5 Å². The summed E-state index contributed by atoms with van der Waals surface area (Å²) < 4.78 is 19.3. The van der Waals surface area contributed by atoms with Crippen molar-refractivity contribution in [3.05, 3.63) is 65.5 Å². The van der Waals surface area contributed by atoms with Crippen molar-refractivity contribution in [3.8, 4) is 0 Å². The zero-order chi connectivity index (χ0) is 17.4. The minimum absolute atomic E-state index is 0.0758. The van der Waals surface area contributed by atoms with Crippen LogP contribution in [-0.2, 0) is 4.74 Å². The standard InChI is InChI=1S/C19H23FN2OS/c1-14-9-10-17(13-18(14)20)22-19(24)21-11-6-12-23-15(2)16-7-4-3-5-8-16/h3-5,7-10,13,15H,6,11-12H2,1-2H3,(H2,21,22,24)/t15-/m0/s1. The van der Waals surface area contributed by atoms with E-state index in [9.17, 15) is 4.39 Å². The first-order valence-electron chi connectivity index (χ1n) is 8.04. The van der Waals surface area contributed by atoms with E-state index in [-0.39, 0.29) is 11.9 Å². The van der Waals surface area contributed by atoms with Gasteiger partial charge in [0.25, 0.3) is 0 Å². The molecular weight excluding hydrogens is 323 g/mol. The summed E-state index contributed by atoms with van der Waals surface area (Å²) in [6, 6.07) is 15.1. The summed E-state index contributed by atoms with van der Waals surface area (Å²) in [6.07, 6.45) is 0.910. The summed E-state index contributed by atoms with van der Waals surface area (Å²) >= 11 is 5.20. The second kappa shape index (κ2) is 9.35. The number of thiocarbonyl (C=S) groups is 1. The lowest BCUT2D eigenvalue weighted by Gasteiger charge is -2.14. The Morgan fingerprint density at radius 2 is 1.96 bits per heavy atom. The van der Waals surface area contributed by atoms with Crippen molar-refractivity contribution in [2.75, 3.05) is 18.5 Å². The molecule has 128 valence electrons. The van der Waals surface area contributed by atoms with Crippen LogP contribution in [0.1, 0.15) is 30.6 Å². The van der Waals surface area contributed by atoms with Crippen molar-refractivity contribution in [1.29, 1.82) is 0 Å². The quantitative estimate of drug-likeness (QED) is 0.567. The SMILES string of the molecule is Cc1ccc(NC(=S)NCCCO[C@@H](C)c2ccccc2)cc1F. The summed E-state index contributed by atoms with van der Waals surface area (Å²) in [7, 11) is 0. The van der Waals surface area contributed by atoms with E-state index in [1.807, 2.05) is 25.1 Å². The van der Waals surface area contributed by atoms with Crippen LogP contribution in [0.3, 0.4) is 0 Å². The zero-order valence-electron chi connectivity index (χ0n) is 14.0. The molecule has 3 nitrogen and oxygen atoms in total. The molecule has 0 aliphatic heterocycles. The number of hydrogen-bond donors (Lipinski definition) is 2. The van der Waals surface area contributed by atoms with Crippen LogP contribution in [-0.4, -0.2) is 18.3 Å². The normalized spacial score (nSPS) is 11.8. The Bertz CT molecular complexity index is 664. The van der Waals surface area contributed by atoms with Crippen molar-refractivity contribution >= 4 is 23.0 Å². The van der Waals surface area contributed by atoms with Crippen molar-refractivity contribution in [2.45, 2.75) is 26.4 Å². The fourth-order valence-corrected chi connectivity index (χ4v) is 2.42. The summed E-state index contributed by atoms with van der Waals surface area (Å²) in [4.78, 5) is 0. The van der Waals surface area contributed by atoms with E-state index in [1.165, 1.54) is 11.6 Å². The average Bonchev–Trinajstić information content (AvgIpc) is 2.58. The lowest BCUT2D eigenvalue weighted by Crippen LogP contribution is -2.29. The third-order valence-corrected chi connectivity index (χ3v) is 3.92. The van der Waals surface area contributed by atoms with Gasteiger partial charge in [-0.05, 0) is 55.7 Å². The van der Waals surface area contributed by atoms with Gasteiger partial charge >= 0.3 is 0 Å². The summed E-state index contributed by atoms with van der Waals surface area (Å²) in [5, 5.41) is 6.55. The Balaban J connectivity index is 1.63. The highest BCUT2D eigenvalue weighted by molar-refractivity contribution is 7.80. The minimum atomic E-state index is -0.244. The van der Waals surface area contributed by atoms with Crippen LogP contribution in [0.15, 0.2) is 48.5 Å². The van der Waals surface area contributed by atoms with Crippen molar-refractivity contribution < 1.29 is 9.13 Å². The molecule has 0 heterocycles. The van der Waals surface area contributed by atoms with Crippen molar-refractivity contribution in [2.24, 2.45) is 0 Å². The molecular formula is C19H23FN2OS. The van der Waals surface area contributed by atoms with E-state index in [0.717, 1.165) is 6.42 Å². The van der Waals surface area contributed by atoms with Gasteiger partial charge in [0.05, 0.1) is 6.10 Å². The van der Waals surface area contributed by atoms with Crippen LogP contribution in [0, 0.1) is 12.7 Å². The molecule has 0 saturated carbocycles. The van der Waals surface area contributed by atoms with Crippen LogP contribution >= 0.6 is 12.2 Å². The molecule has 2 N–H and O–H groups in total. The third kappa shape index (κ3) is 5.91. The highest BCUT2D eigenvalue weighted by Gasteiger charge is 2.05. The van der Waals surface area contributed by atoms with Gasteiger partial charge in [0.15, 0.2) is 5.11 Å². The van der Waals surface area contributed by atoms with Crippen LogP contribution in [0.25, 0.3) is 0 Å². The van der Waals surface area contributed by atoms with Crippen LogP contribution in [0.4, 0.5) is 10.1 Å². The first kappa shape index (κ1) is 18.4. The highest BCUT2D eigenvalue weighted by Crippen LogP contribution is 2.16. The molecule has 2 aromatic carbocycles. The highest BCUT2D eigenvalue weighted by atomic mass is 32.1. The molecule has 0 unspecified atom stereocenters. The molecule has 2 rings (SSSR count). The maximum absolute atomic E-state index is 13.5. The van der Waals surface area contributed by atoms with E-state index >= 15 is 0 Å². The lowest BCUT2D eigenvalue weighted by atomic mass is 10.1. The lowest BCUT2D eigenvalue weighted by molar-refractivity contribution is 0.0646. The minimum Gasteiger partial charge on any atom is -0.374 e. The predicted molar refractivity (Wildman–Crippen MR) is 101 cm³/mol. The second-order valence-electron chi connectivity index (χ2n) is 5.62. The predicted octanol–water partition coefficient (Wildman–Crippen LogP) is 4.59. The van der Waals surface area contributed by atoms with Gasteiger partial charge in [-0.25, -0.2) is 4.39 Å².